The minimum absolute atomic E-state index is 0.171. The molecule has 21 heavy (non-hydrogen) atoms. The highest BCUT2D eigenvalue weighted by Gasteiger charge is 2.41. The molecule has 0 unspecified atom stereocenters. The molecule has 2 N–H and O–H groups in total. The van der Waals surface area contributed by atoms with Crippen molar-refractivity contribution in [2.75, 3.05) is 18.0 Å². The summed E-state index contributed by atoms with van der Waals surface area (Å²) in [6.07, 6.45) is 0. The van der Waals surface area contributed by atoms with Crippen LogP contribution in [0.5, 0.6) is 0 Å². The summed E-state index contributed by atoms with van der Waals surface area (Å²) < 4.78 is 0.883. The zero-order chi connectivity index (χ0) is 15.6. The van der Waals surface area contributed by atoms with E-state index in [0.29, 0.717) is 0 Å². The van der Waals surface area contributed by atoms with E-state index in [9.17, 15) is 9.59 Å². The third kappa shape index (κ3) is 3.27. The molecule has 0 bridgehead atoms. The van der Waals surface area contributed by atoms with Crippen LogP contribution in [0, 0.1) is 0 Å². The summed E-state index contributed by atoms with van der Waals surface area (Å²) in [5, 5.41) is 5.65. The lowest BCUT2D eigenvalue weighted by Crippen LogP contribution is -2.64. The first-order chi connectivity index (χ1) is 9.86. The number of rotatable bonds is 4. The second kappa shape index (κ2) is 6.15. The minimum atomic E-state index is -0.764. The van der Waals surface area contributed by atoms with Crippen LogP contribution in [0.2, 0.25) is 0 Å². The Bertz CT molecular complexity index is 572. The molecule has 0 aliphatic carbocycles. The van der Waals surface area contributed by atoms with Gasteiger partial charge in [-0.25, -0.2) is 0 Å². The Morgan fingerprint density at radius 2 is 2.10 bits per heavy atom. The summed E-state index contributed by atoms with van der Waals surface area (Å²) in [5.74, 6) is -0.551. The fourth-order valence-corrected chi connectivity index (χ4v) is 2.96. The van der Waals surface area contributed by atoms with Gasteiger partial charge in [-0.15, -0.1) is 0 Å². The molecular weight excluding hydrogens is 334 g/mol. The third-order valence-corrected chi connectivity index (χ3v) is 4.30. The molecule has 1 heterocycles. The molecule has 2 amide bonds. The first-order valence-electron chi connectivity index (χ1n) is 6.97. The third-order valence-electron chi connectivity index (χ3n) is 3.67. The van der Waals surface area contributed by atoms with Crippen molar-refractivity contribution in [3.8, 4) is 0 Å². The molecule has 1 aliphatic rings. The Labute approximate surface area is 133 Å². The summed E-state index contributed by atoms with van der Waals surface area (Å²) >= 11 is 3.55. The molecule has 114 valence electrons. The second-order valence-electron chi connectivity index (χ2n) is 5.59. The van der Waals surface area contributed by atoms with Gasteiger partial charge in [-0.2, -0.15) is 0 Å². The largest absolute Gasteiger partial charge is 0.347 e. The van der Waals surface area contributed by atoms with Gasteiger partial charge < -0.3 is 10.2 Å². The van der Waals surface area contributed by atoms with Crippen LogP contribution in [0.3, 0.4) is 0 Å². The Morgan fingerprint density at radius 1 is 1.38 bits per heavy atom. The van der Waals surface area contributed by atoms with E-state index in [4.69, 9.17) is 0 Å². The van der Waals surface area contributed by atoms with E-state index in [1.807, 2.05) is 36.9 Å². The quantitative estimate of drug-likeness (QED) is 0.810. The first-order valence-corrected chi connectivity index (χ1v) is 7.76. The molecule has 0 atom stereocenters. The lowest BCUT2D eigenvalue weighted by molar-refractivity contribution is -0.135. The van der Waals surface area contributed by atoms with Crippen LogP contribution in [0.15, 0.2) is 22.7 Å². The van der Waals surface area contributed by atoms with E-state index < -0.39 is 5.54 Å². The molecule has 0 saturated carbocycles. The maximum atomic E-state index is 12.0. The summed E-state index contributed by atoms with van der Waals surface area (Å²) in [5.41, 5.74) is 1.24. The van der Waals surface area contributed by atoms with Crippen LogP contribution in [0.4, 0.5) is 5.69 Å². The zero-order valence-corrected chi connectivity index (χ0v) is 14.1. The Kier molecular flexibility index (Phi) is 4.68. The standard InChI is InChI=1S/C15H20BrN3O2/c1-4-17-8-10-5-6-12(11(16)7-10)19-9-13(20)18-14(21)15(19,2)3/h5-7,17H,4,8-9H2,1-3H3,(H,18,20,21). The highest BCUT2D eigenvalue weighted by molar-refractivity contribution is 9.10. The number of halogens is 1. The van der Waals surface area contributed by atoms with Crippen LogP contribution in [-0.4, -0.2) is 30.4 Å². The number of hydrogen-bond acceptors (Lipinski definition) is 4. The van der Waals surface area contributed by atoms with Crippen LogP contribution < -0.4 is 15.5 Å². The van der Waals surface area contributed by atoms with E-state index in [-0.39, 0.29) is 18.4 Å². The van der Waals surface area contributed by atoms with Crippen molar-refractivity contribution in [3.63, 3.8) is 0 Å². The molecule has 5 nitrogen and oxygen atoms in total. The monoisotopic (exact) mass is 353 g/mol. The van der Waals surface area contributed by atoms with Gasteiger partial charge in [-0.3, -0.25) is 14.9 Å². The fraction of sp³-hybridized carbons (Fsp3) is 0.467. The molecule has 1 aliphatic heterocycles. The van der Waals surface area contributed by atoms with Gasteiger partial charge in [0.05, 0.1) is 12.2 Å². The molecule has 6 heteroatoms. The number of carbonyl (C=O) groups excluding carboxylic acids is 2. The van der Waals surface area contributed by atoms with Crippen LogP contribution >= 0.6 is 15.9 Å². The highest BCUT2D eigenvalue weighted by Crippen LogP contribution is 2.33. The van der Waals surface area contributed by atoms with E-state index in [1.54, 1.807) is 0 Å². The number of benzene rings is 1. The normalized spacial score (nSPS) is 17.8. The van der Waals surface area contributed by atoms with Crippen LogP contribution in [0.25, 0.3) is 0 Å². The van der Waals surface area contributed by atoms with Gasteiger partial charge in [-0.1, -0.05) is 13.0 Å². The van der Waals surface area contributed by atoms with Crippen molar-refractivity contribution in [2.24, 2.45) is 0 Å². The van der Waals surface area contributed by atoms with Crippen LogP contribution in [-0.2, 0) is 16.1 Å². The molecule has 1 saturated heterocycles. The van der Waals surface area contributed by atoms with Gasteiger partial charge >= 0.3 is 0 Å². The number of nitrogens with zero attached hydrogens (tertiary/aromatic N) is 1. The van der Waals surface area contributed by atoms with E-state index in [1.165, 1.54) is 0 Å². The minimum Gasteiger partial charge on any atom is -0.347 e. The second-order valence-corrected chi connectivity index (χ2v) is 6.44. The maximum Gasteiger partial charge on any atom is 0.251 e. The number of hydrogen-bond donors (Lipinski definition) is 2. The number of amides is 2. The van der Waals surface area contributed by atoms with Gasteiger partial charge in [0.1, 0.15) is 5.54 Å². The lowest BCUT2D eigenvalue weighted by atomic mass is 9.97. The predicted molar refractivity (Wildman–Crippen MR) is 86.1 cm³/mol. The van der Waals surface area contributed by atoms with E-state index in [0.717, 1.165) is 28.8 Å². The average molecular weight is 354 g/mol. The molecule has 0 spiro atoms. The zero-order valence-electron chi connectivity index (χ0n) is 12.5. The molecule has 0 aromatic heterocycles. The number of piperazine rings is 1. The van der Waals surface area contributed by atoms with Crippen molar-refractivity contribution < 1.29 is 9.59 Å². The summed E-state index contributed by atoms with van der Waals surface area (Å²) in [6, 6.07) is 5.98. The topological polar surface area (TPSA) is 61.4 Å². The SMILES string of the molecule is CCNCc1ccc(N2CC(=O)NC(=O)C2(C)C)c(Br)c1. The molecule has 2 rings (SSSR count). The number of carbonyl (C=O) groups is 2. The molecule has 0 radical (unpaired) electrons. The number of nitrogens with one attached hydrogen (secondary N) is 2. The van der Waals surface area contributed by atoms with Crippen LogP contribution in [0.1, 0.15) is 26.3 Å². The van der Waals surface area contributed by atoms with Crippen molar-refractivity contribution in [2.45, 2.75) is 32.9 Å². The molecular formula is C15H20BrN3O2. The van der Waals surface area contributed by atoms with Gasteiger partial charge in [-0.05, 0) is 54.0 Å². The van der Waals surface area contributed by atoms with Crippen molar-refractivity contribution in [1.82, 2.24) is 10.6 Å². The summed E-state index contributed by atoms with van der Waals surface area (Å²) in [7, 11) is 0. The molecule has 1 aromatic carbocycles. The first kappa shape index (κ1) is 16.0. The summed E-state index contributed by atoms with van der Waals surface area (Å²) in [6.45, 7) is 7.56. The Balaban J connectivity index is 2.31. The Morgan fingerprint density at radius 3 is 2.71 bits per heavy atom. The van der Waals surface area contributed by atoms with Crippen molar-refractivity contribution >= 4 is 33.4 Å². The van der Waals surface area contributed by atoms with Gasteiger partial charge in [0.25, 0.3) is 5.91 Å². The lowest BCUT2D eigenvalue weighted by Gasteiger charge is -2.42. The van der Waals surface area contributed by atoms with Crippen molar-refractivity contribution in [3.05, 3.63) is 28.2 Å². The van der Waals surface area contributed by atoms with Gasteiger partial charge in [0.15, 0.2) is 0 Å². The molecule has 1 aromatic rings. The number of imide groups is 1. The highest BCUT2D eigenvalue weighted by atomic mass is 79.9. The smallest absolute Gasteiger partial charge is 0.251 e. The molecule has 1 fully saturated rings. The van der Waals surface area contributed by atoms with E-state index >= 15 is 0 Å². The van der Waals surface area contributed by atoms with Gasteiger partial charge in [0, 0.05) is 11.0 Å². The average Bonchev–Trinajstić information content (AvgIpc) is 2.41. The Hall–Kier alpha value is -1.40. The predicted octanol–water partition coefficient (Wildman–Crippen LogP) is 1.80. The van der Waals surface area contributed by atoms with E-state index in [2.05, 4.69) is 33.5 Å². The fourth-order valence-electron chi connectivity index (χ4n) is 2.32. The number of anilines is 1. The van der Waals surface area contributed by atoms with Gasteiger partial charge in [0.2, 0.25) is 5.91 Å². The maximum absolute atomic E-state index is 12.0. The van der Waals surface area contributed by atoms with Crippen molar-refractivity contribution in [1.29, 1.82) is 0 Å². The summed E-state index contributed by atoms with van der Waals surface area (Å²) in [4.78, 5) is 25.5.